The molecular weight excluding hydrogens is 308 g/mol. The van der Waals surface area contributed by atoms with Crippen LogP contribution in [0, 0.1) is 0 Å². The summed E-state index contributed by atoms with van der Waals surface area (Å²) in [6.07, 6.45) is 4.96. The van der Waals surface area contributed by atoms with Gasteiger partial charge in [-0.05, 0) is 18.4 Å². The number of halogens is 1. The van der Waals surface area contributed by atoms with Crippen molar-refractivity contribution >= 4 is 33.4 Å². The number of benzene rings is 1. The van der Waals surface area contributed by atoms with Crippen LogP contribution in [0.3, 0.4) is 0 Å². The normalized spacial score (nSPS) is 17.3. The SMILES string of the molecule is Br.Nc1nc(C2(c3ccccc3)CCCC2)cs1. The maximum absolute atomic E-state index is 5.79. The van der Waals surface area contributed by atoms with Crippen molar-refractivity contribution in [3.05, 3.63) is 47.0 Å². The fourth-order valence-electron chi connectivity index (χ4n) is 2.94. The highest BCUT2D eigenvalue weighted by molar-refractivity contribution is 8.93. The molecule has 1 aromatic carbocycles. The van der Waals surface area contributed by atoms with Crippen molar-refractivity contribution in [1.29, 1.82) is 0 Å². The van der Waals surface area contributed by atoms with Gasteiger partial charge in [0, 0.05) is 10.8 Å². The van der Waals surface area contributed by atoms with E-state index >= 15 is 0 Å². The lowest BCUT2D eigenvalue weighted by Crippen LogP contribution is -2.24. The maximum atomic E-state index is 5.79. The molecule has 4 heteroatoms. The van der Waals surface area contributed by atoms with Crippen molar-refractivity contribution in [2.45, 2.75) is 31.1 Å². The number of hydrogen-bond acceptors (Lipinski definition) is 3. The number of anilines is 1. The Balaban J connectivity index is 0.00000120. The van der Waals surface area contributed by atoms with E-state index in [1.54, 1.807) is 11.3 Å². The molecule has 96 valence electrons. The summed E-state index contributed by atoms with van der Waals surface area (Å²) in [4.78, 5) is 4.54. The van der Waals surface area contributed by atoms with E-state index in [0.29, 0.717) is 5.13 Å². The predicted molar refractivity (Wildman–Crippen MR) is 82.5 cm³/mol. The average Bonchev–Trinajstić information content (AvgIpc) is 2.99. The molecule has 0 atom stereocenters. The standard InChI is InChI=1S/C14H16N2S.BrH/c15-13-16-12(10-17-13)14(8-4-5-9-14)11-6-2-1-3-7-11;/h1-3,6-7,10H,4-5,8-9H2,(H2,15,16);1H. The van der Waals surface area contributed by atoms with E-state index in [-0.39, 0.29) is 22.4 Å². The minimum absolute atomic E-state index is 0. The summed E-state index contributed by atoms with van der Waals surface area (Å²) in [7, 11) is 0. The third-order valence-electron chi connectivity index (χ3n) is 3.80. The molecule has 18 heavy (non-hydrogen) atoms. The Morgan fingerprint density at radius 3 is 2.33 bits per heavy atom. The van der Waals surface area contributed by atoms with Crippen LogP contribution in [0.4, 0.5) is 5.13 Å². The zero-order chi connectivity index (χ0) is 11.7. The van der Waals surface area contributed by atoms with Gasteiger partial charge in [0.25, 0.3) is 0 Å². The molecule has 1 saturated carbocycles. The first-order valence-electron chi connectivity index (χ1n) is 6.08. The Morgan fingerprint density at radius 2 is 1.78 bits per heavy atom. The van der Waals surface area contributed by atoms with Crippen LogP contribution in [0.25, 0.3) is 0 Å². The van der Waals surface area contributed by atoms with Gasteiger partial charge < -0.3 is 5.73 Å². The first-order chi connectivity index (χ1) is 8.31. The second-order valence-corrected chi connectivity index (χ2v) is 5.62. The molecule has 2 N–H and O–H groups in total. The van der Waals surface area contributed by atoms with Crippen LogP contribution in [-0.2, 0) is 5.41 Å². The molecule has 3 rings (SSSR count). The fraction of sp³-hybridized carbons (Fsp3) is 0.357. The van der Waals surface area contributed by atoms with Gasteiger partial charge in [0.2, 0.25) is 0 Å². The topological polar surface area (TPSA) is 38.9 Å². The minimum Gasteiger partial charge on any atom is -0.375 e. The third kappa shape index (κ3) is 2.19. The Labute approximate surface area is 122 Å². The number of rotatable bonds is 2. The largest absolute Gasteiger partial charge is 0.375 e. The first-order valence-corrected chi connectivity index (χ1v) is 6.96. The maximum Gasteiger partial charge on any atom is 0.180 e. The van der Waals surface area contributed by atoms with Crippen molar-refractivity contribution in [2.75, 3.05) is 5.73 Å². The molecule has 1 aliphatic rings. The van der Waals surface area contributed by atoms with Gasteiger partial charge in [-0.15, -0.1) is 28.3 Å². The average molecular weight is 325 g/mol. The summed E-state index contributed by atoms with van der Waals surface area (Å²) in [5.41, 5.74) is 8.47. The minimum atomic E-state index is 0. The number of nitrogens with two attached hydrogens (primary N) is 1. The Hall–Kier alpha value is -0.870. The molecule has 0 aliphatic heterocycles. The summed E-state index contributed by atoms with van der Waals surface area (Å²) >= 11 is 1.55. The van der Waals surface area contributed by atoms with Crippen LogP contribution in [0.1, 0.15) is 36.9 Å². The Bertz CT molecular complexity index is 504. The highest BCUT2D eigenvalue weighted by atomic mass is 79.9. The molecule has 0 radical (unpaired) electrons. The lowest BCUT2D eigenvalue weighted by molar-refractivity contribution is 0.522. The summed E-state index contributed by atoms with van der Waals surface area (Å²) < 4.78 is 0. The van der Waals surface area contributed by atoms with E-state index in [1.165, 1.54) is 36.9 Å². The molecule has 0 spiro atoms. The highest BCUT2D eigenvalue weighted by Gasteiger charge is 2.39. The summed E-state index contributed by atoms with van der Waals surface area (Å²) in [6, 6.07) is 10.7. The number of aromatic nitrogens is 1. The molecule has 1 fully saturated rings. The van der Waals surface area contributed by atoms with Gasteiger partial charge in [0.1, 0.15) is 0 Å². The number of nitrogen functional groups attached to an aromatic ring is 1. The Morgan fingerprint density at radius 1 is 1.11 bits per heavy atom. The molecular formula is C14H17BrN2S. The van der Waals surface area contributed by atoms with Gasteiger partial charge >= 0.3 is 0 Å². The number of hydrogen-bond donors (Lipinski definition) is 1. The van der Waals surface area contributed by atoms with Crippen LogP contribution in [0.2, 0.25) is 0 Å². The van der Waals surface area contributed by atoms with Crippen LogP contribution < -0.4 is 5.73 Å². The van der Waals surface area contributed by atoms with Crippen LogP contribution >= 0.6 is 28.3 Å². The van der Waals surface area contributed by atoms with E-state index in [0.717, 1.165) is 0 Å². The molecule has 0 amide bonds. The number of thiazole rings is 1. The molecule has 1 aromatic heterocycles. The van der Waals surface area contributed by atoms with Crippen molar-refractivity contribution in [2.24, 2.45) is 0 Å². The van der Waals surface area contributed by atoms with E-state index in [9.17, 15) is 0 Å². The summed E-state index contributed by atoms with van der Waals surface area (Å²) in [6.45, 7) is 0. The quantitative estimate of drug-likeness (QED) is 0.900. The molecule has 2 nitrogen and oxygen atoms in total. The van der Waals surface area contributed by atoms with Crippen molar-refractivity contribution in [1.82, 2.24) is 4.98 Å². The van der Waals surface area contributed by atoms with Gasteiger partial charge in [0.05, 0.1) is 5.69 Å². The zero-order valence-electron chi connectivity index (χ0n) is 10.1. The second kappa shape index (κ2) is 5.41. The zero-order valence-corrected chi connectivity index (χ0v) is 12.7. The van der Waals surface area contributed by atoms with Crippen LogP contribution in [0.5, 0.6) is 0 Å². The van der Waals surface area contributed by atoms with Gasteiger partial charge in [-0.3, -0.25) is 0 Å². The van der Waals surface area contributed by atoms with Crippen LogP contribution in [0.15, 0.2) is 35.7 Å². The first kappa shape index (κ1) is 13.6. The number of nitrogens with zero attached hydrogens (tertiary/aromatic N) is 1. The highest BCUT2D eigenvalue weighted by Crippen LogP contribution is 2.46. The van der Waals surface area contributed by atoms with E-state index in [1.807, 2.05) is 0 Å². The van der Waals surface area contributed by atoms with Crippen LogP contribution in [-0.4, -0.2) is 4.98 Å². The smallest absolute Gasteiger partial charge is 0.180 e. The van der Waals surface area contributed by atoms with E-state index < -0.39 is 0 Å². The van der Waals surface area contributed by atoms with E-state index in [2.05, 4.69) is 40.7 Å². The molecule has 0 saturated heterocycles. The molecule has 0 bridgehead atoms. The van der Waals surface area contributed by atoms with E-state index in [4.69, 9.17) is 5.73 Å². The molecule has 1 heterocycles. The van der Waals surface area contributed by atoms with Gasteiger partial charge in [0.15, 0.2) is 5.13 Å². The summed E-state index contributed by atoms with van der Waals surface area (Å²) in [5, 5.41) is 2.82. The summed E-state index contributed by atoms with van der Waals surface area (Å²) in [5.74, 6) is 0. The molecule has 0 unspecified atom stereocenters. The lowest BCUT2D eigenvalue weighted by Gasteiger charge is -2.27. The fourth-order valence-corrected chi connectivity index (χ4v) is 3.60. The monoisotopic (exact) mass is 324 g/mol. The third-order valence-corrected chi connectivity index (χ3v) is 4.47. The van der Waals surface area contributed by atoms with Gasteiger partial charge in [-0.25, -0.2) is 4.98 Å². The van der Waals surface area contributed by atoms with Crippen molar-refractivity contribution in [3.8, 4) is 0 Å². The Kier molecular flexibility index (Phi) is 4.07. The lowest BCUT2D eigenvalue weighted by atomic mass is 9.76. The van der Waals surface area contributed by atoms with Crippen molar-refractivity contribution in [3.63, 3.8) is 0 Å². The second-order valence-electron chi connectivity index (χ2n) is 4.73. The molecule has 1 aliphatic carbocycles. The predicted octanol–water partition coefficient (Wildman–Crippen LogP) is 4.16. The van der Waals surface area contributed by atoms with Crippen molar-refractivity contribution < 1.29 is 0 Å². The van der Waals surface area contributed by atoms with Gasteiger partial charge in [-0.2, -0.15) is 0 Å². The van der Waals surface area contributed by atoms with Gasteiger partial charge in [-0.1, -0.05) is 43.2 Å². The molecule has 2 aromatic rings.